The van der Waals surface area contributed by atoms with Crippen molar-refractivity contribution < 1.29 is 0 Å². The van der Waals surface area contributed by atoms with E-state index in [4.69, 9.17) is 0 Å². The summed E-state index contributed by atoms with van der Waals surface area (Å²) in [4.78, 5) is 0. The Kier molecular flexibility index (Phi) is 1.93. The fourth-order valence-corrected chi connectivity index (χ4v) is 1.74. The highest BCUT2D eigenvalue weighted by molar-refractivity contribution is 4.66. The Morgan fingerprint density at radius 1 is 1.00 bits per heavy atom. The summed E-state index contributed by atoms with van der Waals surface area (Å²) in [5, 5.41) is 0. The zero-order valence-corrected chi connectivity index (χ0v) is 5.98. The van der Waals surface area contributed by atoms with E-state index in [2.05, 4.69) is 13.8 Å². The van der Waals surface area contributed by atoms with Gasteiger partial charge in [0.25, 0.3) is 0 Å². The molecule has 1 saturated carbocycles. The first-order valence-corrected chi connectivity index (χ1v) is 3.79. The van der Waals surface area contributed by atoms with E-state index >= 15 is 0 Å². The molecule has 0 bridgehead atoms. The average Bonchev–Trinajstić information content (AvgIpc) is 1.64. The van der Waals surface area contributed by atoms with Crippen molar-refractivity contribution in [3.05, 3.63) is 0 Å². The standard InChI is InChI=1S/C8H16/c1-7-4-3-5-8(2)6-7/h7-8H,3-6H2,1-2H3/t7-,8-/m0/s1. The zero-order chi connectivity index (χ0) is 5.98. The first-order chi connectivity index (χ1) is 3.79. The van der Waals surface area contributed by atoms with Crippen LogP contribution in [0.3, 0.4) is 0 Å². The fourth-order valence-electron chi connectivity index (χ4n) is 1.74. The minimum atomic E-state index is 1.01. The van der Waals surface area contributed by atoms with Crippen LogP contribution in [-0.2, 0) is 0 Å². The molecule has 0 aliphatic heterocycles. The van der Waals surface area contributed by atoms with Crippen molar-refractivity contribution in [1.82, 2.24) is 0 Å². The summed E-state index contributed by atoms with van der Waals surface area (Å²) in [6.07, 6.45) is 5.90. The number of hydrogen-bond donors (Lipinski definition) is 0. The minimum absolute atomic E-state index is 1.01. The van der Waals surface area contributed by atoms with Crippen LogP contribution in [0.5, 0.6) is 0 Å². The molecule has 0 heterocycles. The summed E-state index contributed by atoms with van der Waals surface area (Å²) in [7, 11) is 0. The van der Waals surface area contributed by atoms with E-state index in [0.29, 0.717) is 0 Å². The number of rotatable bonds is 0. The predicted molar refractivity (Wildman–Crippen MR) is 36.8 cm³/mol. The lowest BCUT2D eigenvalue weighted by molar-refractivity contribution is 0.301. The SMILES string of the molecule is C[C@H]1CCC[C@H](C)C1. The molecule has 0 aromatic carbocycles. The van der Waals surface area contributed by atoms with Crippen LogP contribution in [0.1, 0.15) is 39.5 Å². The van der Waals surface area contributed by atoms with E-state index in [1.165, 1.54) is 25.7 Å². The van der Waals surface area contributed by atoms with Crippen molar-refractivity contribution in [2.24, 2.45) is 11.8 Å². The molecule has 1 aliphatic carbocycles. The molecule has 0 aromatic heterocycles. The van der Waals surface area contributed by atoms with Gasteiger partial charge in [0.05, 0.1) is 0 Å². The van der Waals surface area contributed by atoms with Crippen molar-refractivity contribution in [3.8, 4) is 0 Å². The fraction of sp³-hybridized carbons (Fsp3) is 1.00. The van der Waals surface area contributed by atoms with Gasteiger partial charge in [0.1, 0.15) is 0 Å². The molecule has 0 nitrogen and oxygen atoms in total. The van der Waals surface area contributed by atoms with E-state index in [9.17, 15) is 0 Å². The second-order valence-corrected chi connectivity index (χ2v) is 3.38. The van der Waals surface area contributed by atoms with Crippen molar-refractivity contribution in [2.75, 3.05) is 0 Å². The molecular formula is C8H16. The topological polar surface area (TPSA) is 0 Å². The number of hydrogen-bond acceptors (Lipinski definition) is 0. The Balaban J connectivity index is 2.23. The van der Waals surface area contributed by atoms with Crippen molar-refractivity contribution in [3.63, 3.8) is 0 Å². The van der Waals surface area contributed by atoms with Crippen LogP contribution in [-0.4, -0.2) is 0 Å². The molecule has 0 amide bonds. The first kappa shape index (κ1) is 6.12. The van der Waals surface area contributed by atoms with E-state index in [0.717, 1.165) is 11.8 Å². The molecule has 1 aliphatic rings. The second-order valence-electron chi connectivity index (χ2n) is 3.38. The Hall–Kier alpha value is 0. The molecule has 0 N–H and O–H groups in total. The summed E-state index contributed by atoms with van der Waals surface area (Å²) < 4.78 is 0. The summed E-state index contributed by atoms with van der Waals surface area (Å²) in [6.45, 7) is 4.74. The minimum Gasteiger partial charge on any atom is -0.0625 e. The molecule has 1 fully saturated rings. The van der Waals surface area contributed by atoms with Gasteiger partial charge >= 0.3 is 0 Å². The van der Waals surface area contributed by atoms with Gasteiger partial charge in [-0.2, -0.15) is 0 Å². The molecule has 8 heavy (non-hydrogen) atoms. The van der Waals surface area contributed by atoms with Crippen LogP contribution in [0.25, 0.3) is 0 Å². The second kappa shape index (κ2) is 2.52. The van der Waals surface area contributed by atoms with Gasteiger partial charge in [-0.05, 0) is 18.3 Å². The lowest BCUT2D eigenvalue weighted by Crippen LogP contribution is -2.09. The third-order valence-corrected chi connectivity index (χ3v) is 2.20. The van der Waals surface area contributed by atoms with Crippen molar-refractivity contribution in [2.45, 2.75) is 39.5 Å². The Morgan fingerprint density at radius 3 is 1.75 bits per heavy atom. The molecule has 2 atom stereocenters. The van der Waals surface area contributed by atoms with Crippen LogP contribution in [0, 0.1) is 11.8 Å². The zero-order valence-electron chi connectivity index (χ0n) is 5.98. The van der Waals surface area contributed by atoms with Crippen molar-refractivity contribution >= 4 is 0 Å². The highest BCUT2D eigenvalue weighted by atomic mass is 14.2. The summed E-state index contributed by atoms with van der Waals surface area (Å²) in [5.41, 5.74) is 0. The molecule has 0 aromatic rings. The van der Waals surface area contributed by atoms with Crippen LogP contribution in [0.2, 0.25) is 0 Å². The maximum absolute atomic E-state index is 2.37. The molecule has 1 rings (SSSR count). The van der Waals surface area contributed by atoms with Gasteiger partial charge in [-0.25, -0.2) is 0 Å². The van der Waals surface area contributed by atoms with Gasteiger partial charge in [-0.1, -0.05) is 33.1 Å². The maximum Gasteiger partial charge on any atom is -0.0440 e. The highest BCUT2D eigenvalue weighted by Crippen LogP contribution is 2.27. The third kappa shape index (κ3) is 1.50. The van der Waals surface area contributed by atoms with Crippen LogP contribution < -0.4 is 0 Å². The Labute approximate surface area is 52.3 Å². The average molecular weight is 112 g/mol. The normalized spacial score (nSPS) is 39.8. The van der Waals surface area contributed by atoms with Gasteiger partial charge in [-0.3, -0.25) is 0 Å². The van der Waals surface area contributed by atoms with Gasteiger partial charge in [0, 0.05) is 0 Å². The van der Waals surface area contributed by atoms with Gasteiger partial charge < -0.3 is 0 Å². The lowest BCUT2D eigenvalue weighted by Gasteiger charge is -2.22. The monoisotopic (exact) mass is 112 g/mol. The molecule has 0 spiro atoms. The van der Waals surface area contributed by atoms with Gasteiger partial charge in [0.2, 0.25) is 0 Å². The molecule has 0 radical (unpaired) electrons. The molecule has 0 unspecified atom stereocenters. The van der Waals surface area contributed by atoms with E-state index in [1.54, 1.807) is 0 Å². The van der Waals surface area contributed by atoms with Crippen LogP contribution >= 0.6 is 0 Å². The smallest absolute Gasteiger partial charge is 0.0440 e. The first-order valence-electron chi connectivity index (χ1n) is 3.79. The maximum atomic E-state index is 2.37. The third-order valence-electron chi connectivity index (χ3n) is 2.20. The summed E-state index contributed by atoms with van der Waals surface area (Å²) in [6, 6.07) is 0. The Bertz CT molecular complexity index is 58.4. The van der Waals surface area contributed by atoms with E-state index < -0.39 is 0 Å². The van der Waals surface area contributed by atoms with Crippen LogP contribution in [0.15, 0.2) is 0 Å². The van der Waals surface area contributed by atoms with Gasteiger partial charge in [-0.15, -0.1) is 0 Å². The summed E-state index contributed by atoms with van der Waals surface area (Å²) >= 11 is 0. The molecule has 48 valence electrons. The van der Waals surface area contributed by atoms with E-state index in [-0.39, 0.29) is 0 Å². The Morgan fingerprint density at radius 2 is 1.50 bits per heavy atom. The lowest BCUT2D eigenvalue weighted by atomic mass is 9.84. The predicted octanol–water partition coefficient (Wildman–Crippen LogP) is 2.83. The quantitative estimate of drug-likeness (QED) is 0.452. The molecular weight excluding hydrogens is 96.1 g/mol. The van der Waals surface area contributed by atoms with Crippen molar-refractivity contribution in [1.29, 1.82) is 0 Å². The molecule has 0 saturated heterocycles. The van der Waals surface area contributed by atoms with Crippen LogP contribution in [0.4, 0.5) is 0 Å². The summed E-state index contributed by atoms with van der Waals surface area (Å²) in [5.74, 6) is 2.03. The van der Waals surface area contributed by atoms with E-state index in [1.807, 2.05) is 0 Å². The van der Waals surface area contributed by atoms with Gasteiger partial charge in [0.15, 0.2) is 0 Å². The molecule has 0 heteroatoms. The largest absolute Gasteiger partial charge is 0.0625 e. The highest BCUT2D eigenvalue weighted by Gasteiger charge is 2.13.